The standard InChI is InChI=1S/C54H68ClN11O7S/c1-37(61-41-10-7-11-42(33-41)63-53-60-35-45(55)52(65-53)44-34-59-46-13-4-3-12-43(44)46)38-17-19-40(20-18-38)62-49(68)16-8-24-66(2)25-9-21-57-54(70)58-23-27-72-29-31-73-30-28-71-26-22-56-48(67)15-6-5-14-47-51-39(36-74-47)32-50(69)64-51/h3-4,7-8,10-13,16-20,33-35,39,47,51,59,61H,1,5-6,9,14-15,21-32,36H2,2H3,(H,56,67)(H,62,68)(H,64,69)(H2,57,58,70)(H,60,63,65)/b16-8+. The molecule has 2 aromatic heterocycles. The third-order valence-electron chi connectivity index (χ3n) is 12.4. The smallest absolute Gasteiger partial charge is 0.314 e. The van der Waals surface area contributed by atoms with Crippen molar-refractivity contribution in [1.29, 1.82) is 0 Å². The number of thioether (sulfide) groups is 1. The zero-order chi connectivity index (χ0) is 51.9. The molecule has 3 atom stereocenters. The van der Waals surface area contributed by atoms with Crippen molar-refractivity contribution in [1.82, 2.24) is 41.1 Å². The molecule has 8 N–H and O–H groups in total. The molecule has 7 rings (SSSR count). The summed E-state index contributed by atoms with van der Waals surface area (Å²) in [4.78, 5) is 63.0. The lowest BCUT2D eigenvalue weighted by Crippen LogP contribution is -2.38. The van der Waals surface area contributed by atoms with E-state index < -0.39 is 0 Å². The van der Waals surface area contributed by atoms with Crippen molar-refractivity contribution in [2.45, 2.75) is 49.8 Å². The van der Waals surface area contributed by atoms with Crippen LogP contribution in [0.3, 0.4) is 0 Å². The van der Waals surface area contributed by atoms with Crippen LogP contribution < -0.4 is 37.2 Å². The molecule has 0 radical (unpaired) electrons. The number of nitrogens with zero attached hydrogens (tertiary/aromatic N) is 3. The van der Waals surface area contributed by atoms with Gasteiger partial charge in [-0.1, -0.05) is 67.1 Å². The molecule has 0 saturated carbocycles. The molecule has 0 bridgehead atoms. The molecule has 2 fully saturated rings. The number of amides is 5. The van der Waals surface area contributed by atoms with Gasteiger partial charge in [0.15, 0.2) is 0 Å². The number of hydrogen-bond acceptors (Lipinski definition) is 13. The van der Waals surface area contributed by atoms with Gasteiger partial charge in [-0.2, -0.15) is 11.8 Å². The molecular weight excluding hydrogens is 982 g/mol. The number of anilines is 4. The second kappa shape index (κ2) is 29.4. The van der Waals surface area contributed by atoms with Crippen molar-refractivity contribution in [2.24, 2.45) is 5.92 Å². The summed E-state index contributed by atoms with van der Waals surface area (Å²) in [6.45, 7) is 9.29. The average Bonchev–Trinajstić information content (AvgIpc) is 4.11. The predicted octanol–water partition coefficient (Wildman–Crippen LogP) is 7.57. The number of benzene rings is 3. The Morgan fingerprint density at radius 2 is 1.61 bits per heavy atom. The van der Waals surface area contributed by atoms with Crippen molar-refractivity contribution >= 4 is 86.7 Å². The number of nitrogens with one attached hydrogen (secondary N) is 8. The van der Waals surface area contributed by atoms with Crippen molar-refractivity contribution in [2.75, 3.05) is 101 Å². The lowest BCUT2D eigenvalue weighted by molar-refractivity contribution is -0.121. The van der Waals surface area contributed by atoms with Crippen molar-refractivity contribution in [3.8, 4) is 11.3 Å². The summed E-state index contributed by atoms with van der Waals surface area (Å²) < 4.78 is 16.6. The number of carbonyl (C=O) groups is 4. The van der Waals surface area contributed by atoms with Gasteiger partial charge in [0.05, 0.1) is 56.6 Å². The largest absolute Gasteiger partial charge is 0.377 e. The van der Waals surface area contributed by atoms with Crippen LogP contribution in [0.1, 0.15) is 44.1 Å². The van der Waals surface area contributed by atoms with Crippen LogP contribution in [0.4, 0.5) is 27.8 Å². The molecule has 0 spiro atoms. The third-order valence-corrected chi connectivity index (χ3v) is 14.2. The second-order valence-corrected chi connectivity index (χ2v) is 19.8. The number of halogens is 1. The number of fused-ring (bicyclic) bond motifs is 2. The van der Waals surface area contributed by atoms with Crippen molar-refractivity contribution in [3.05, 3.63) is 115 Å². The zero-order valence-corrected chi connectivity index (χ0v) is 43.5. The summed E-state index contributed by atoms with van der Waals surface area (Å²) in [5, 5.41) is 23.1. The summed E-state index contributed by atoms with van der Waals surface area (Å²) in [5.74, 6) is 1.92. The van der Waals surface area contributed by atoms with Gasteiger partial charge >= 0.3 is 6.03 Å². The molecule has 0 aliphatic carbocycles. The fourth-order valence-corrected chi connectivity index (χ4v) is 10.4. The number of H-pyrrole nitrogens is 1. The lowest BCUT2D eigenvalue weighted by atomic mass is 9.97. The van der Waals surface area contributed by atoms with E-state index in [4.69, 9.17) is 30.8 Å². The van der Waals surface area contributed by atoms with E-state index in [9.17, 15) is 19.2 Å². The first-order chi connectivity index (χ1) is 36.1. The van der Waals surface area contributed by atoms with Gasteiger partial charge in [-0.15, -0.1) is 0 Å². The van der Waals surface area contributed by atoms with Gasteiger partial charge < -0.3 is 61.3 Å². The summed E-state index contributed by atoms with van der Waals surface area (Å²) >= 11 is 8.49. The number of ether oxygens (including phenoxy) is 3. The molecule has 18 nitrogen and oxygen atoms in total. The predicted molar refractivity (Wildman–Crippen MR) is 295 cm³/mol. The Morgan fingerprint density at radius 3 is 2.42 bits per heavy atom. The van der Waals surface area contributed by atoms with Crippen LogP contribution in [0.2, 0.25) is 5.02 Å². The third kappa shape index (κ3) is 17.9. The number of likely N-dealkylation sites (N-methyl/N-ethyl adjacent to an activating group) is 1. The number of urea groups is 1. The molecule has 394 valence electrons. The highest BCUT2D eigenvalue weighted by molar-refractivity contribution is 8.00. The zero-order valence-electron chi connectivity index (χ0n) is 41.9. The molecule has 5 aromatic rings. The fraction of sp³-hybridized carbons (Fsp3) is 0.407. The summed E-state index contributed by atoms with van der Waals surface area (Å²) in [6, 6.07) is 23.2. The quantitative estimate of drug-likeness (QED) is 0.0159. The lowest BCUT2D eigenvalue weighted by Gasteiger charge is -2.17. The van der Waals surface area contributed by atoms with Gasteiger partial charge in [-0.25, -0.2) is 14.8 Å². The number of hydrogen-bond donors (Lipinski definition) is 8. The molecular formula is C54H68ClN11O7S. The van der Waals surface area contributed by atoms with E-state index in [1.165, 1.54) is 6.08 Å². The van der Waals surface area contributed by atoms with E-state index in [2.05, 4.69) is 58.7 Å². The maximum absolute atomic E-state index is 12.7. The number of aromatic amines is 1. The monoisotopic (exact) mass is 1050 g/mol. The highest BCUT2D eigenvalue weighted by Crippen LogP contribution is 2.39. The minimum absolute atomic E-state index is 0.0339. The van der Waals surface area contributed by atoms with E-state index in [-0.39, 0.29) is 23.8 Å². The van der Waals surface area contributed by atoms with Gasteiger partial charge in [-0.3, -0.25) is 14.4 Å². The Kier molecular flexibility index (Phi) is 22.0. The van der Waals surface area contributed by atoms with Gasteiger partial charge in [0.25, 0.3) is 0 Å². The van der Waals surface area contributed by atoms with E-state index >= 15 is 0 Å². The maximum Gasteiger partial charge on any atom is 0.314 e. The summed E-state index contributed by atoms with van der Waals surface area (Å²) in [7, 11) is 1.95. The average molecular weight is 1050 g/mol. The van der Waals surface area contributed by atoms with E-state index in [1.807, 2.05) is 97.8 Å². The molecule has 4 heterocycles. The van der Waals surface area contributed by atoms with Gasteiger partial charge in [-0.05, 0) is 86.5 Å². The Bertz CT molecular complexity index is 2670. The summed E-state index contributed by atoms with van der Waals surface area (Å²) in [6.07, 6.45) is 11.6. The van der Waals surface area contributed by atoms with Crippen LogP contribution in [-0.2, 0) is 28.6 Å². The SMILES string of the molecule is C=C(Nc1cccc(Nc2ncc(Cl)c(-c3c[nH]c4ccccc34)n2)c1)c1ccc(NC(=O)/C=C/CN(C)CCCNC(=O)NCCOCCOCCOCCNC(=O)CCCCC2SCC3CC(=O)NC32)cc1. The Balaban J connectivity index is 0.654. The molecule has 5 amide bonds. The van der Waals surface area contributed by atoms with E-state index in [0.29, 0.717) is 124 Å². The Labute approximate surface area is 442 Å². The second-order valence-electron chi connectivity index (χ2n) is 18.1. The number of para-hydroxylation sites is 1. The fourth-order valence-electron chi connectivity index (χ4n) is 8.58. The molecule has 2 aliphatic heterocycles. The molecule has 3 unspecified atom stereocenters. The number of aromatic nitrogens is 3. The number of carbonyl (C=O) groups excluding carboxylic acids is 4. The Morgan fingerprint density at radius 1 is 0.865 bits per heavy atom. The Hall–Kier alpha value is -6.48. The number of rotatable bonds is 31. The van der Waals surface area contributed by atoms with Crippen LogP contribution in [0.5, 0.6) is 0 Å². The maximum atomic E-state index is 12.7. The molecule has 2 saturated heterocycles. The molecule has 2 aliphatic rings. The van der Waals surface area contributed by atoms with Gasteiger partial charge in [0.1, 0.15) is 0 Å². The molecule has 3 aromatic carbocycles. The van der Waals surface area contributed by atoms with Crippen molar-refractivity contribution < 1.29 is 33.4 Å². The van der Waals surface area contributed by atoms with Gasteiger partial charge in [0, 0.05) is 102 Å². The highest BCUT2D eigenvalue weighted by Gasteiger charge is 2.42. The summed E-state index contributed by atoms with van der Waals surface area (Å²) in [5.41, 5.74) is 6.29. The normalized spacial score (nSPS) is 16.0. The first-order valence-electron chi connectivity index (χ1n) is 25.2. The van der Waals surface area contributed by atoms with Crippen molar-refractivity contribution in [3.63, 3.8) is 0 Å². The number of unbranched alkanes of at least 4 members (excludes halogenated alkanes) is 1. The highest BCUT2D eigenvalue weighted by atomic mass is 35.5. The minimum Gasteiger partial charge on any atom is -0.377 e. The first-order valence-corrected chi connectivity index (χ1v) is 26.6. The van der Waals surface area contributed by atoms with Crippen LogP contribution >= 0.6 is 23.4 Å². The van der Waals surface area contributed by atoms with Crippen LogP contribution in [0.15, 0.2) is 104 Å². The van der Waals surface area contributed by atoms with Crippen LogP contribution in [-0.4, -0.2) is 140 Å². The first kappa shape index (κ1) is 55.3. The van der Waals surface area contributed by atoms with Crippen LogP contribution in [0, 0.1) is 5.92 Å². The minimum atomic E-state index is -0.259. The van der Waals surface area contributed by atoms with E-state index in [0.717, 1.165) is 71.4 Å². The van der Waals surface area contributed by atoms with Gasteiger partial charge in [0.2, 0.25) is 23.7 Å². The van der Waals surface area contributed by atoms with Crippen LogP contribution in [0.25, 0.3) is 27.9 Å². The molecule has 74 heavy (non-hydrogen) atoms. The van der Waals surface area contributed by atoms with E-state index in [1.54, 1.807) is 12.3 Å². The molecule has 20 heteroatoms. The topological polar surface area (TPSA) is 225 Å².